The zero-order chi connectivity index (χ0) is 12.3. The number of aromatic carboxylic acids is 1. The van der Waals surface area contributed by atoms with Crippen LogP contribution in [0.3, 0.4) is 0 Å². The molecule has 0 aliphatic rings. The van der Waals surface area contributed by atoms with E-state index in [-0.39, 0.29) is 5.56 Å². The molecular formula is C12H9BrO3S. The molecule has 1 aromatic carbocycles. The minimum absolute atomic E-state index is 0.226. The van der Waals surface area contributed by atoms with Crippen LogP contribution in [0.5, 0.6) is 0 Å². The van der Waals surface area contributed by atoms with Gasteiger partial charge in [-0.05, 0) is 34.1 Å². The van der Waals surface area contributed by atoms with Crippen molar-refractivity contribution >= 4 is 33.7 Å². The molecule has 5 heteroatoms. The Hall–Kier alpha value is -1.20. The lowest BCUT2D eigenvalue weighted by Crippen LogP contribution is -1.97. The van der Waals surface area contributed by atoms with E-state index in [0.717, 1.165) is 9.37 Å². The molecule has 0 saturated heterocycles. The van der Waals surface area contributed by atoms with Crippen LogP contribution in [-0.4, -0.2) is 11.1 Å². The SMILES string of the molecule is O=C(O)c1ccoc1CSc1ccccc1Br. The second-order valence-corrected chi connectivity index (χ2v) is 5.15. The van der Waals surface area contributed by atoms with Gasteiger partial charge < -0.3 is 9.52 Å². The first kappa shape index (κ1) is 12.3. The Labute approximate surface area is 111 Å². The maximum atomic E-state index is 10.9. The Morgan fingerprint density at radius 2 is 2.12 bits per heavy atom. The van der Waals surface area contributed by atoms with Gasteiger partial charge in [0.15, 0.2) is 0 Å². The fourth-order valence-corrected chi connectivity index (χ4v) is 2.87. The van der Waals surface area contributed by atoms with Crippen molar-refractivity contribution in [3.63, 3.8) is 0 Å². The molecule has 17 heavy (non-hydrogen) atoms. The van der Waals surface area contributed by atoms with E-state index in [4.69, 9.17) is 9.52 Å². The molecule has 3 nitrogen and oxygen atoms in total. The van der Waals surface area contributed by atoms with Crippen LogP contribution < -0.4 is 0 Å². The number of hydrogen-bond acceptors (Lipinski definition) is 3. The lowest BCUT2D eigenvalue weighted by atomic mass is 10.3. The molecule has 1 aromatic heterocycles. The van der Waals surface area contributed by atoms with Gasteiger partial charge in [-0.25, -0.2) is 4.79 Å². The smallest absolute Gasteiger partial charge is 0.339 e. The maximum Gasteiger partial charge on any atom is 0.339 e. The van der Waals surface area contributed by atoms with E-state index in [1.165, 1.54) is 24.1 Å². The fourth-order valence-electron chi connectivity index (χ4n) is 1.35. The van der Waals surface area contributed by atoms with Gasteiger partial charge in [0.25, 0.3) is 0 Å². The molecule has 0 bridgehead atoms. The van der Waals surface area contributed by atoms with E-state index in [1.807, 2.05) is 24.3 Å². The standard InChI is InChI=1S/C12H9BrO3S/c13-9-3-1-2-4-11(9)17-7-10-8(12(14)15)5-6-16-10/h1-6H,7H2,(H,14,15). The molecule has 0 aliphatic carbocycles. The summed E-state index contributed by atoms with van der Waals surface area (Å²) in [5.74, 6) is 0.0248. The minimum atomic E-state index is -0.957. The van der Waals surface area contributed by atoms with Gasteiger partial charge in [-0.2, -0.15) is 0 Å². The van der Waals surface area contributed by atoms with Crippen LogP contribution in [0, 0.1) is 0 Å². The van der Waals surface area contributed by atoms with Crippen molar-refractivity contribution in [3.05, 3.63) is 52.4 Å². The Kier molecular flexibility index (Phi) is 3.91. The number of hydrogen-bond donors (Lipinski definition) is 1. The van der Waals surface area contributed by atoms with Gasteiger partial charge in [0.2, 0.25) is 0 Å². The van der Waals surface area contributed by atoms with Crippen molar-refractivity contribution < 1.29 is 14.3 Å². The third kappa shape index (κ3) is 2.92. The summed E-state index contributed by atoms with van der Waals surface area (Å²) in [6.45, 7) is 0. The molecule has 0 unspecified atom stereocenters. The predicted octanol–water partition coefficient (Wildman–Crippen LogP) is 4.03. The molecule has 0 amide bonds. The molecule has 0 saturated carbocycles. The summed E-state index contributed by atoms with van der Waals surface area (Å²) < 4.78 is 6.16. The summed E-state index contributed by atoms with van der Waals surface area (Å²) in [6, 6.07) is 9.26. The summed E-state index contributed by atoms with van der Waals surface area (Å²) in [5.41, 5.74) is 0.226. The van der Waals surface area contributed by atoms with Crippen LogP contribution in [0.25, 0.3) is 0 Å². The summed E-state index contributed by atoms with van der Waals surface area (Å²) >= 11 is 4.97. The number of carbonyl (C=O) groups is 1. The van der Waals surface area contributed by atoms with Gasteiger partial charge in [-0.15, -0.1) is 11.8 Å². The Bertz CT molecular complexity index is 536. The van der Waals surface area contributed by atoms with E-state index in [1.54, 1.807) is 0 Å². The highest BCUT2D eigenvalue weighted by Crippen LogP contribution is 2.30. The predicted molar refractivity (Wildman–Crippen MR) is 69.4 cm³/mol. The van der Waals surface area contributed by atoms with Gasteiger partial charge in [-0.1, -0.05) is 12.1 Å². The minimum Gasteiger partial charge on any atom is -0.478 e. The monoisotopic (exact) mass is 312 g/mol. The highest BCUT2D eigenvalue weighted by Gasteiger charge is 2.13. The van der Waals surface area contributed by atoms with Crippen LogP contribution >= 0.6 is 27.7 Å². The van der Waals surface area contributed by atoms with Crippen molar-refractivity contribution in [3.8, 4) is 0 Å². The second-order valence-electron chi connectivity index (χ2n) is 3.28. The first-order valence-corrected chi connectivity index (χ1v) is 6.63. The largest absolute Gasteiger partial charge is 0.478 e. The number of carboxylic acids is 1. The maximum absolute atomic E-state index is 10.9. The molecule has 2 rings (SSSR count). The average Bonchev–Trinajstić information content (AvgIpc) is 2.76. The van der Waals surface area contributed by atoms with Gasteiger partial charge in [0, 0.05) is 9.37 Å². The second kappa shape index (κ2) is 5.42. The van der Waals surface area contributed by atoms with Crippen molar-refractivity contribution in [2.75, 3.05) is 0 Å². The van der Waals surface area contributed by atoms with Crippen molar-refractivity contribution in [2.24, 2.45) is 0 Å². The normalized spacial score (nSPS) is 10.4. The van der Waals surface area contributed by atoms with Crippen LogP contribution in [-0.2, 0) is 5.75 Å². The molecule has 0 radical (unpaired) electrons. The number of furan rings is 1. The molecule has 2 aromatic rings. The lowest BCUT2D eigenvalue weighted by molar-refractivity contribution is 0.0695. The molecule has 0 fully saturated rings. The Morgan fingerprint density at radius 3 is 2.82 bits per heavy atom. The third-order valence-electron chi connectivity index (χ3n) is 2.17. The molecular weight excluding hydrogens is 304 g/mol. The first-order chi connectivity index (χ1) is 8.18. The molecule has 1 heterocycles. The van der Waals surface area contributed by atoms with E-state index < -0.39 is 5.97 Å². The van der Waals surface area contributed by atoms with Gasteiger partial charge >= 0.3 is 5.97 Å². The summed E-state index contributed by atoms with van der Waals surface area (Å²) in [4.78, 5) is 11.9. The third-order valence-corrected chi connectivity index (χ3v) is 4.20. The molecule has 0 aliphatic heterocycles. The molecule has 0 atom stereocenters. The number of halogens is 1. The van der Waals surface area contributed by atoms with Crippen molar-refractivity contribution in [1.82, 2.24) is 0 Å². The fraction of sp³-hybridized carbons (Fsp3) is 0.0833. The zero-order valence-electron chi connectivity index (χ0n) is 8.72. The Balaban J connectivity index is 2.10. The zero-order valence-corrected chi connectivity index (χ0v) is 11.1. The van der Waals surface area contributed by atoms with Gasteiger partial charge in [0.05, 0.1) is 12.0 Å². The number of thioether (sulfide) groups is 1. The van der Waals surface area contributed by atoms with Gasteiger partial charge in [0.1, 0.15) is 11.3 Å². The number of carboxylic acid groups (broad SMARTS) is 1. The first-order valence-electron chi connectivity index (χ1n) is 4.85. The lowest BCUT2D eigenvalue weighted by Gasteiger charge is -2.02. The van der Waals surface area contributed by atoms with E-state index in [2.05, 4.69) is 15.9 Å². The summed E-state index contributed by atoms with van der Waals surface area (Å²) in [7, 11) is 0. The topological polar surface area (TPSA) is 50.4 Å². The quantitative estimate of drug-likeness (QED) is 0.866. The van der Waals surface area contributed by atoms with Crippen molar-refractivity contribution in [2.45, 2.75) is 10.6 Å². The van der Waals surface area contributed by atoms with Crippen LogP contribution in [0.4, 0.5) is 0 Å². The Morgan fingerprint density at radius 1 is 1.35 bits per heavy atom. The number of rotatable bonds is 4. The molecule has 0 spiro atoms. The summed E-state index contributed by atoms with van der Waals surface area (Å²) in [5, 5.41) is 8.93. The van der Waals surface area contributed by atoms with E-state index in [0.29, 0.717) is 11.5 Å². The van der Waals surface area contributed by atoms with Crippen LogP contribution in [0.15, 0.2) is 50.4 Å². The highest BCUT2D eigenvalue weighted by molar-refractivity contribution is 9.10. The van der Waals surface area contributed by atoms with Gasteiger partial charge in [-0.3, -0.25) is 0 Å². The van der Waals surface area contributed by atoms with E-state index >= 15 is 0 Å². The molecule has 1 N–H and O–H groups in total. The van der Waals surface area contributed by atoms with Crippen molar-refractivity contribution in [1.29, 1.82) is 0 Å². The summed E-state index contributed by atoms with van der Waals surface area (Å²) in [6.07, 6.45) is 1.40. The highest BCUT2D eigenvalue weighted by atomic mass is 79.9. The van der Waals surface area contributed by atoms with E-state index in [9.17, 15) is 4.79 Å². The van der Waals surface area contributed by atoms with Crippen LogP contribution in [0.1, 0.15) is 16.1 Å². The number of benzene rings is 1. The average molecular weight is 313 g/mol. The molecule has 88 valence electrons. The van der Waals surface area contributed by atoms with Crippen LogP contribution in [0.2, 0.25) is 0 Å².